The minimum atomic E-state index is -1.31. The van der Waals surface area contributed by atoms with Crippen LogP contribution in [-0.2, 0) is 18.9 Å². The number of hydrogen-bond acceptors (Lipinski definition) is 10. The van der Waals surface area contributed by atoms with Crippen molar-refractivity contribution in [3.05, 3.63) is 71.3 Å². The lowest BCUT2D eigenvalue weighted by Gasteiger charge is -2.40. The standard InChI is InChI=1S/C27H30N2O8S/c1-27(2,3)37-26(33)29(4)25-28-18-19(30)21(35-22(31)15-11-7-6-8-12-15)20(36-24(18)38-25)16-13-9-10-14-17(16)23(32)34-5/h6-14,18-21,24,30H,1-5H3/t18-,19-,20-,21+,24-/m1/s1. The average Bonchev–Trinajstić information content (AvgIpc) is 3.33. The number of amidine groups is 1. The maximum atomic E-state index is 13.0. The molecule has 0 saturated carbocycles. The van der Waals surface area contributed by atoms with Gasteiger partial charge in [-0.2, -0.15) is 0 Å². The van der Waals surface area contributed by atoms with E-state index in [0.717, 1.165) is 11.8 Å². The lowest BCUT2D eigenvalue weighted by molar-refractivity contribution is -0.158. The van der Waals surface area contributed by atoms with Gasteiger partial charge in [-0.25, -0.2) is 14.4 Å². The summed E-state index contributed by atoms with van der Waals surface area (Å²) < 4.78 is 22.5. The van der Waals surface area contributed by atoms with Crippen molar-refractivity contribution in [2.45, 2.75) is 56.2 Å². The zero-order valence-corrected chi connectivity index (χ0v) is 22.5. The fourth-order valence-corrected chi connectivity index (χ4v) is 5.26. The molecule has 0 aliphatic carbocycles. The first-order valence-electron chi connectivity index (χ1n) is 12.0. The number of fused-ring (bicyclic) bond motifs is 1. The number of carbonyl (C=O) groups is 3. The highest BCUT2D eigenvalue weighted by atomic mass is 32.2. The van der Waals surface area contributed by atoms with Crippen LogP contribution >= 0.6 is 11.8 Å². The number of nitrogens with zero attached hydrogens (tertiary/aromatic N) is 2. The third-order valence-corrected chi connectivity index (χ3v) is 7.12. The minimum absolute atomic E-state index is 0.210. The highest BCUT2D eigenvalue weighted by Gasteiger charge is 2.52. The molecule has 0 aromatic heterocycles. The smallest absolute Gasteiger partial charge is 0.416 e. The number of methoxy groups -OCH3 is 1. The second-order valence-corrected chi connectivity index (χ2v) is 10.9. The lowest BCUT2D eigenvalue weighted by Crippen LogP contribution is -2.53. The Morgan fingerprint density at radius 2 is 1.68 bits per heavy atom. The molecule has 2 aliphatic heterocycles. The maximum Gasteiger partial charge on any atom is 0.416 e. The Labute approximate surface area is 224 Å². The summed E-state index contributed by atoms with van der Waals surface area (Å²) in [4.78, 5) is 43.9. The number of esters is 2. The Morgan fingerprint density at radius 3 is 2.34 bits per heavy atom. The monoisotopic (exact) mass is 542 g/mol. The van der Waals surface area contributed by atoms with Crippen molar-refractivity contribution < 1.29 is 38.4 Å². The van der Waals surface area contributed by atoms with Crippen molar-refractivity contribution in [1.29, 1.82) is 0 Å². The Balaban J connectivity index is 1.67. The average molecular weight is 543 g/mol. The van der Waals surface area contributed by atoms with E-state index < -0.39 is 53.4 Å². The molecule has 0 unspecified atom stereocenters. The van der Waals surface area contributed by atoms with Gasteiger partial charge in [-0.1, -0.05) is 48.2 Å². The van der Waals surface area contributed by atoms with Gasteiger partial charge in [0.15, 0.2) is 11.3 Å². The summed E-state index contributed by atoms with van der Waals surface area (Å²) in [7, 11) is 2.78. The third-order valence-electron chi connectivity index (χ3n) is 5.91. The largest absolute Gasteiger partial charge is 0.465 e. The van der Waals surface area contributed by atoms with Crippen LogP contribution in [0, 0.1) is 0 Å². The van der Waals surface area contributed by atoms with Crippen LogP contribution < -0.4 is 0 Å². The number of carbonyl (C=O) groups excluding carboxylic acids is 3. The van der Waals surface area contributed by atoms with Gasteiger partial charge in [0.05, 0.1) is 18.2 Å². The van der Waals surface area contributed by atoms with Crippen LogP contribution in [0.3, 0.4) is 0 Å². The van der Waals surface area contributed by atoms with Crippen LogP contribution in [-0.4, -0.2) is 76.7 Å². The molecule has 1 saturated heterocycles. The predicted octanol–water partition coefficient (Wildman–Crippen LogP) is 3.80. The quantitative estimate of drug-likeness (QED) is 0.454. The molecule has 0 spiro atoms. The van der Waals surface area contributed by atoms with E-state index in [1.54, 1.807) is 75.4 Å². The Hall–Kier alpha value is -3.41. The number of hydrogen-bond donors (Lipinski definition) is 1. The molecule has 2 aromatic rings. The highest BCUT2D eigenvalue weighted by molar-refractivity contribution is 8.14. The van der Waals surface area contributed by atoms with E-state index in [4.69, 9.17) is 18.9 Å². The van der Waals surface area contributed by atoms with Crippen molar-refractivity contribution >= 4 is 35.0 Å². The summed E-state index contributed by atoms with van der Waals surface area (Å²) in [6.07, 6.45) is -4.17. The van der Waals surface area contributed by atoms with Gasteiger partial charge in [-0.05, 0) is 44.5 Å². The second kappa shape index (κ2) is 11.1. The van der Waals surface area contributed by atoms with E-state index in [9.17, 15) is 19.5 Å². The van der Waals surface area contributed by atoms with Crippen LogP contribution in [0.1, 0.15) is 53.2 Å². The van der Waals surface area contributed by atoms with Gasteiger partial charge in [-0.15, -0.1) is 0 Å². The molecule has 1 fully saturated rings. The van der Waals surface area contributed by atoms with Crippen LogP contribution in [0.15, 0.2) is 59.6 Å². The Morgan fingerprint density at radius 1 is 1.03 bits per heavy atom. The molecule has 202 valence electrons. The van der Waals surface area contributed by atoms with Gasteiger partial charge in [0.1, 0.15) is 29.3 Å². The lowest BCUT2D eigenvalue weighted by atomic mass is 9.90. The number of thioether (sulfide) groups is 1. The zero-order valence-electron chi connectivity index (χ0n) is 21.7. The second-order valence-electron chi connectivity index (χ2n) is 9.79. The Kier molecular flexibility index (Phi) is 8.10. The number of rotatable bonds is 4. The van der Waals surface area contributed by atoms with Gasteiger partial charge in [-0.3, -0.25) is 9.89 Å². The van der Waals surface area contributed by atoms with E-state index in [1.165, 1.54) is 19.1 Å². The molecular formula is C27H30N2O8S. The summed E-state index contributed by atoms with van der Waals surface area (Å²) in [6, 6.07) is 14.1. The number of aliphatic imine (C=N–C) groups is 1. The van der Waals surface area contributed by atoms with Crippen molar-refractivity contribution in [3.8, 4) is 0 Å². The van der Waals surface area contributed by atoms with Crippen molar-refractivity contribution in [2.24, 2.45) is 4.99 Å². The number of ether oxygens (including phenoxy) is 4. The summed E-state index contributed by atoms with van der Waals surface area (Å²) in [5.41, 5.74) is -0.556. The predicted molar refractivity (Wildman–Crippen MR) is 140 cm³/mol. The molecule has 0 bridgehead atoms. The molecule has 2 aromatic carbocycles. The van der Waals surface area contributed by atoms with Crippen LogP contribution in [0.5, 0.6) is 0 Å². The minimum Gasteiger partial charge on any atom is -0.465 e. The number of benzene rings is 2. The summed E-state index contributed by atoms with van der Waals surface area (Å²) in [5.74, 6) is -1.27. The molecule has 5 atom stereocenters. The van der Waals surface area contributed by atoms with Gasteiger partial charge in [0.25, 0.3) is 0 Å². The molecule has 4 rings (SSSR count). The van der Waals surface area contributed by atoms with Gasteiger partial charge >= 0.3 is 18.0 Å². The summed E-state index contributed by atoms with van der Waals surface area (Å²) in [5, 5.41) is 11.7. The van der Waals surface area contributed by atoms with Gasteiger partial charge < -0.3 is 24.1 Å². The highest BCUT2D eigenvalue weighted by Crippen LogP contribution is 2.44. The maximum absolute atomic E-state index is 13.0. The van der Waals surface area contributed by atoms with Crippen molar-refractivity contribution in [1.82, 2.24) is 4.90 Å². The molecule has 38 heavy (non-hydrogen) atoms. The van der Waals surface area contributed by atoms with E-state index in [1.807, 2.05) is 0 Å². The Bertz CT molecular complexity index is 1230. The van der Waals surface area contributed by atoms with Crippen LogP contribution in [0.2, 0.25) is 0 Å². The van der Waals surface area contributed by atoms with Crippen molar-refractivity contribution in [2.75, 3.05) is 14.2 Å². The molecular weight excluding hydrogens is 512 g/mol. The fraction of sp³-hybridized carbons (Fsp3) is 0.407. The first-order valence-corrected chi connectivity index (χ1v) is 12.9. The number of aliphatic hydroxyl groups is 1. The van der Waals surface area contributed by atoms with Gasteiger partial charge in [0.2, 0.25) is 0 Å². The molecule has 11 heteroatoms. The molecule has 2 aliphatic rings. The molecule has 1 amide bonds. The molecule has 2 heterocycles. The van der Waals surface area contributed by atoms with E-state index in [2.05, 4.69) is 4.99 Å². The number of aliphatic hydroxyl groups excluding tert-OH is 1. The fourth-order valence-electron chi connectivity index (χ4n) is 4.10. The topological polar surface area (TPSA) is 124 Å². The summed E-state index contributed by atoms with van der Waals surface area (Å²) >= 11 is 1.13. The number of amides is 1. The molecule has 0 radical (unpaired) electrons. The van der Waals surface area contributed by atoms with Crippen molar-refractivity contribution in [3.63, 3.8) is 0 Å². The molecule has 1 N–H and O–H groups in total. The first-order chi connectivity index (χ1) is 18.0. The first kappa shape index (κ1) is 27.6. The van der Waals surface area contributed by atoms with E-state index >= 15 is 0 Å². The normalized spacial score (nSPS) is 24.6. The van der Waals surface area contributed by atoms with E-state index in [0.29, 0.717) is 5.56 Å². The zero-order chi connectivity index (χ0) is 27.6. The van der Waals surface area contributed by atoms with Crippen LogP contribution in [0.25, 0.3) is 0 Å². The summed E-state index contributed by atoms with van der Waals surface area (Å²) in [6.45, 7) is 5.26. The van der Waals surface area contributed by atoms with Crippen LogP contribution in [0.4, 0.5) is 4.79 Å². The SMILES string of the molecule is COC(=O)c1ccccc1[C@H]1O[C@@H]2SC(N(C)C(=O)OC(C)(C)C)=N[C@@H]2[C@@H](O)[C@@H]1OC(=O)c1ccccc1. The third kappa shape index (κ3) is 5.85. The molecule has 10 nitrogen and oxygen atoms in total. The van der Waals surface area contributed by atoms with E-state index in [-0.39, 0.29) is 16.3 Å². The van der Waals surface area contributed by atoms with Gasteiger partial charge in [0, 0.05) is 7.05 Å².